The number of hydrogen-bond acceptors (Lipinski definition) is 5. The van der Waals surface area contributed by atoms with Crippen LogP contribution in [0.5, 0.6) is 0 Å². The van der Waals surface area contributed by atoms with Gasteiger partial charge in [-0.2, -0.15) is 14.8 Å². The van der Waals surface area contributed by atoms with Crippen molar-refractivity contribution in [3.05, 3.63) is 94.4 Å². The molecule has 0 aliphatic carbocycles. The summed E-state index contributed by atoms with van der Waals surface area (Å²) in [6.07, 6.45) is 0. The summed E-state index contributed by atoms with van der Waals surface area (Å²) in [5.74, 6) is -1.44. The third kappa shape index (κ3) is 3.22. The number of rotatable bonds is 4. The zero-order chi connectivity index (χ0) is 21.3. The van der Waals surface area contributed by atoms with Gasteiger partial charge in [0.15, 0.2) is 5.69 Å². The van der Waals surface area contributed by atoms with Crippen molar-refractivity contribution in [2.24, 2.45) is 0 Å². The van der Waals surface area contributed by atoms with E-state index in [-0.39, 0.29) is 5.69 Å². The molecule has 150 valence electrons. The molecule has 2 N–H and O–H groups in total. The van der Waals surface area contributed by atoms with Crippen LogP contribution in [-0.2, 0) is 10.3 Å². The fourth-order valence-electron chi connectivity index (χ4n) is 3.15. The molecule has 0 bridgehead atoms. The van der Waals surface area contributed by atoms with Gasteiger partial charge in [0.1, 0.15) is 5.54 Å². The van der Waals surface area contributed by atoms with Crippen LogP contribution < -0.4 is 16.3 Å². The molecule has 4 amide bonds. The molecule has 9 heteroatoms. The molecule has 2 heterocycles. The summed E-state index contributed by atoms with van der Waals surface area (Å²) >= 11 is 0. The summed E-state index contributed by atoms with van der Waals surface area (Å²) in [7, 11) is 0. The monoisotopic (exact) mass is 403 g/mol. The van der Waals surface area contributed by atoms with E-state index in [4.69, 9.17) is 0 Å². The van der Waals surface area contributed by atoms with Gasteiger partial charge in [0, 0.05) is 6.07 Å². The number of nitrogens with one attached hydrogen (secondary N) is 2. The molecule has 2 aromatic carbocycles. The fourth-order valence-corrected chi connectivity index (χ4v) is 3.15. The molecule has 1 aliphatic heterocycles. The van der Waals surface area contributed by atoms with Gasteiger partial charge in [0.2, 0.25) is 0 Å². The zero-order valence-electron chi connectivity index (χ0n) is 15.9. The molecule has 0 spiro atoms. The average molecular weight is 403 g/mol. The Hall–Kier alpha value is -4.27. The van der Waals surface area contributed by atoms with Gasteiger partial charge in [-0.15, -0.1) is 0 Å². The first-order chi connectivity index (χ1) is 14.4. The standard InChI is InChI=1S/C21H17N5O4/c1-21(14-8-4-2-5-9-14)19(29)26(20(30)22-21)24-18(28)16-12-13-17(27)25(23-16)15-10-6-3-7-11-15/h2-13H,1H3,(H,22,30)(H,24,28). The minimum Gasteiger partial charge on any atom is -0.318 e. The van der Waals surface area contributed by atoms with Gasteiger partial charge < -0.3 is 5.32 Å². The number of benzene rings is 2. The maximum absolute atomic E-state index is 12.9. The van der Waals surface area contributed by atoms with Crippen LogP contribution in [0.1, 0.15) is 23.0 Å². The van der Waals surface area contributed by atoms with Gasteiger partial charge in [0.05, 0.1) is 5.69 Å². The van der Waals surface area contributed by atoms with E-state index >= 15 is 0 Å². The third-order valence-corrected chi connectivity index (χ3v) is 4.79. The van der Waals surface area contributed by atoms with Crippen molar-refractivity contribution in [1.29, 1.82) is 0 Å². The predicted octanol–water partition coefficient (Wildman–Crippen LogP) is 1.34. The minimum atomic E-state index is -1.32. The Kier molecular flexibility index (Phi) is 4.63. The summed E-state index contributed by atoms with van der Waals surface area (Å²) in [5, 5.41) is 7.27. The van der Waals surface area contributed by atoms with E-state index in [1.54, 1.807) is 67.6 Å². The van der Waals surface area contributed by atoms with E-state index in [2.05, 4.69) is 15.8 Å². The van der Waals surface area contributed by atoms with E-state index in [9.17, 15) is 19.2 Å². The first-order valence-corrected chi connectivity index (χ1v) is 9.09. The lowest BCUT2D eigenvalue weighted by atomic mass is 9.92. The molecule has 1 aliphatic rings. The SMILES string of the molecule is CC1(c2ccccc2)NC(=O)N(NC(=O)c2ccc(=O)n(-c3ccccc3)n2)C1=O. The lowest BCUT2D eigenvalue weighted by Crippen LogP contribution is -2.48. The normalized spacial score (nSPS) is 18.2. The van der Waals surface area contributed by atoms with E-state index in [0.717, 1.165) is 4.68 Å². The van der Waals surface area contributed by atoms with Crippen molar-refractivity contribution >= 4 is 17.8 Å². The average Bonchev–Trinajstić information content (AvgIpc) is 2.99. The van der Waals surface area contributed by atoms with E-state index in [1.807, 2.05) is 0 Å². The second kappa shape index (κ2) is 7.28. The summed E-state index contributed by atoms with van der Waals surface area (Å²) in [4.78, 5) is 50.1. The third-order valence-electron chi connectivity index (χ3n) is 4.79. The Morgan fingerprint density at radius 1 is 0.933 bits per heavy atom. The highest BCUT2D eigenvalue weighted by Crippen LogP contribution is 2.27. The Labute approximate surface area is 170 Å². The quantitative estimate of drug-likeness (QED) is 0.639. The van der Waals surface area contributed by atoms with Crippen LogP contribution in [0.4, 0.5) is 4.79 Å². The van der Waals surface area contributed by atoms with Crippen LogP contribution in [-0.4, -0.2) is 32.6 Å². The number of hydrazine groups is 1. The van der Waals surface area contributed by atoms with Crippen LogP contribution in [0.15, 0.2) is 77.6 Å². The van der Waals surface area contributed by atoms with Crippen molar-refractivity contribution in [2.45, 2.75) is 12.5 Å². The molecule has 9 nitrogen and oxygen atoms in total. The Bertz CT molecular complexity index is 1190. The highest BCUT2D eigenvalue weighted by Gasteiger charge is 2.50. The van der Waals surface area contributed by atoms with Crippen molar-refractivity contribution in [2.75, 3.05) is 0 Å². The summed E-state index contributed by atoms with van der Waals surface area (Å²) in [5.41, 5.74) is 1.45. The van der Waals surface area contributed by atoms with Crippen LogP contribution in [0, 0.1) is 0 Å². The van der Waals surface area contributed by atoms with E-state index < -0.39 is 28.9 Å². The van der Waals surface area contributed by atoms with Crippen LogP contribution >= 0.6 is 0 Å². The van der Waals surface area contributed by atoms with Gasteiger partial charge in [-0.1, -0.05) is 48.5 Å². The smallest absolute Gasteiger partial charge is 0.318 e. The zero-order valence-corrected chi connectivity index (χ0v) is 15.9. The second-order valence-corrected chi connectivity index (χ2v) is 6.81. The van der Waals surface area contributed by atoms with Gasteiger partial charge >= 0.3 is 6.03 Å². The van der Waals surface area contributed by atoms with Gasteiger partial charge in [-0.25, -0.2) is 4.79 Å². The van der Waals surface area contributed by atoms with Crippen LogP contribution in [0.3, 0.4) is 0 Å². The number of carbonyl (C=O) groups excluding carboxylic acids is 3. The van der Waals surface area contributed by atoms with Gasteiger partial charge in [0.25, 0.3) is 17.4 Å². The van der Waals surface area contributed by atoms with Crippen LogP contribution in [0.25, 0.3) is 5.69 Å². The molecular formula is C21H17N5O4. The van der Waals surface area contributed by atoms with Crippen LogP contribution in [0.2, 0.25) is 0 Å². The number of hydrogen-bond donors (Lipinski definition) is 2. The van der Waals surface area contributed by atoms with Crippen molar-refractivity contribution < 1.29 is 14.4 Å². The molecule has 1 fully saturated rings. The number of para-hydroxylation sites is 1. The highest BCUT2D eigenvalue weighted by molar-refractivity contribution is 6.09. The number of imide groups is 1. The molecular weight excluding hydrogens is 386 g/mol. The first kappa shape index (κ1) is 19.1. The molecule has 1 saturated heterocycles. The number of carbonyl (C=O) groups is 3. The molecule has 1 atom stereocenters. The molecule has 1 unspecified atom stereocenters. The van der Waals surface area contributed by atoms with Crippen molar-refractivity contribution in [1.82, 2.24) is 25.5 Å². The Balaban J connectivity index is 1.60. The van der Waals surface area contributed by atoms with Gasteiger partial charge in [-0.05, 0) is 30.7 Å². The Morgan fingerprint density at radius 3 is 2.23 bits per heavy atom. The topological polar surface area (TPSA) is 113 Å². The summed E-state index contributed by atoms with van der Waals surface area (Å²) in [6.45, 7) is 1.56. The summed E-state index contributed by atoms with van der Waals surface area (Å²) < 4.78 is 1.06. The van der Waals surface area contributed by atoms with Crippen molar-refractivity contribution in [3.63, 3.8) is 0 Å². The largest absolute Gasteiger partial charge is 0.344 e. The number of aromatic nitrogens is 2. The molecule has 0 saturated carbocycles. The lowest BCUT2D eigenvalue weighted by Gasteiger charge is -2.22. The molecule has 3 aromatic rings. The molecule has 0 radical (unpaired) electrons. The Morgan fingerprint density at radius 2 is 1.57 bits per heavy atom. The highest BCUT2D eigenvalue weighted by atomic mass is 16.2. The molecule has 1 aromatic heterocycles. The molecule has 4 rings (SSSR count). The number of urea groups is 1. The summed E-state index contributed by atoms with van der Waals surface area (Å²) in [6, 6.07) is 18.9. The number of amides is 4. The van der Waals surface area contributed by atoms with E-state index in [1.165, 1.54) is 12.1 Å². The van der Waals surface area contributed by atoms with E-state index in [0.29, 0.717) is 16.3 Å². The predicted molar refractivity (Wildman–Crippen MR) is 106 cm³/mol. The lowest BCUT2D eigenvalue weighted by molar-refractivity contribution is -0.132. The number of nitrogens with zero attached hydrogens (tertiary/aromatic N) is 3. The molecule has 30 heavy (non-hydrogen) atoms. The van der Waals surface area contributed by atoms with Crippen molar-refractivity contribution in [3.8, 4) is 5.69 Å². The maximum atomic E-state index is 12.9. The minimum absolute atomic E-state index is 0.132. The maximum Gasteiger partial charge on any atom is 0.344 e. The first-order valence-electron chi connectivity index (χ1n) is 9.09. The fraction of sp³-hybridized carbons (Fsp3) is 0.0952. The second-order valence-electron chi connectivity index (χ2n) is 6.81. The van der Waals surface area contributed by atoms with Gasteiger partial charge in [-0.3, -0.25) is 19.8 Å².